The quantitative estimate of drug-likeness (QED) is 0.650. The van der Waals surface area contributed by atoms with E-state index >= 15 is 0 Å². The number of rotatable bonds is 3. The highest BCUT2D eigenvalue weighted by Crippen LogP contribution is 2.38. The first-order chi connectivity index (χ1) is 12.4. The van der Waals surface area contributed by atoms with E-state index in [4.69, 9.17) is 12.2 Å². The van der Waals surface area contributed by atoms with Crippen molar-refractivity contribution >= 4 is 35.0 Å². The second kappa shape index (κ2) is 6.09. The lowest BCUT2D eigenvalue weighted by molar-refractivity contribution is -0.113. The van der Waals surface area contributed by atoms with E-state index in [1.54, 1.807) is 4.90 Å². The third-order valence-corrected chi connectivity index (χ3v) is 5.65. The van der Waals surface area contributed by atoms with Gasteiger partial charge in [0.2, 0.25) is 0 Å². The molecule has 1 saturated carbocycles. The average Bonchev–Trinajstić information content (AvgIpc) is 3.31. The summed E-state index contributed by atoms with van der Waals surface area (Å²) in [6, 6.07) is 8.74. The Hall–Kier alpha value is -2.40. The minimum absolute atomic E-state index is 0.102. The molecule has 2 heterocycles. The standard InChI is InChI=1S/C21H23N3OS/c1-12-5-6-18(9-13(12)2)24-20(25)19(22-21(24)26)11-16-10-14(3)23(15(16)4)17-7-8-17/h5-6,9-11,17H,7-8H2,1-4H3,(H,22,26)/b19-11-. The third kappa shape index (κ3) is 2.76. The maximum Gasteiger partial charge on any atom is 0.281 e. The highest BCUT2D eigenvalue weighted by molar-refractivity contribution is 7.80. The zero-order valence-electron chi connectivity index (χ0n) is 15.6. The Morgan fingerprint density at radius 3 is 2.50 bits per heavy atom. The van der Waals surface area contributed by atoms with Gasteiger partial charge >= 0.3 is 0 Å². The van der Waals surface area contributed by atoms with Gasteiger partial charge < -0.3 is 9.88 Å². The lowest BCUT2D eigenvalue weighted by Gasteiger charge is -2.15. The third-order valence-electron chi connectivity index (χ3n) is 5.36. The number of thiocarbonyl (C=S) groups is 1. The minimum atomic E-state index is -0.102. The van der Waals surface area contributed by atoms with Crippen LogP contribution in [-0.4, -0.2) is 15.6 Å². The molecular weight excluding hydrogens is 342 g/mol. The van der Waals surface area contributed by atoms with Crippen LogP contribution in [0.5, 0.6) is 0 Å². The van der Waals surface area contributed by atoms with Gasteiger partial charge in [-0.25, -0.2) is 0 Å². The number of nitrogens with zero attached hydrogens (tertiary/aromatic N) is 2. The van der Waals surface area contributed by atoms with Crippen molar-refractivity contribution in [3.05, 3.63) is 58.0 Å². The molecule has 1 N–H and O–H groups in total. The molecule has 2 fully saturated rings. The van der Waals surface area contributed by atoms with Gasteiger partial charge in [-0.3, -0.25) is 9.69 Å². The fourth-order valence-corrected chi connectivity index (χ4v) is 3.93. The van der Waals surface area contributed by atoms with Crippen LogP contribution in [0, 0.1) is 27.7 Å². The summed E-state index contributed by atoms with van der Waals surface area (Å²) < 4.78 is 2.38. The summed E-state index contributed by atoms with van der Waals surface area (Å²) in [7, 11) is 0. The van der Waals surface area contributed by atoms with Crippen LogP contribution in [0.25, 0.3) is 6.08 Å². The lowest BCUT2D eigenvalue weighted by Crippen LogP contribution is -2.30. The van der Waals surface area contributed by atoms with Crippen LogP contribution >= 0.6 is 12.2 Å². The number of amides is 1. The second-order valence-corrected chi connectivity index (χ2v) is 7.71. The summed E-state index contributed by atoms with van der Waals surface area (Å²) in [5, 5.41) is 3.53. The van der Waals surface area contributed by atoms with E-state index in [1.807, 2.05) is 31.2 Å². The summed E-state index contributed by atoms with van der Waals surface area (Å²) in [5.41, 5.74) is 7.21. The van der Waals surface area contributed by atoms with Gasteiger partial charge in [0.05, 0.1) is 5.69 Å². The number of carbonyl (C=O) groups is 1. The van der Waals surface area contributed by atoms with Gasteiger partial charge in [-0.15, -0.1) is 0 Å². The lowest BCUT2D eigenvalue weighted by atomic mass is 10.1. The molecule has 1 aliphatic heterocycles. The van der Waals surface area contributed by atoms with Crippen molar-refractivity contribution < 1.29 is 4.79 Å². The number of hydrogen-bond acceptors (Lipinski definition) is 2. The molecule has 1 aromatic heterocycles. The van der Waals surface area contributed by atoms with Crippen molar-refractivity contribution in [1.82, 2.24) is 9.88 Å². The number of carbonyl (C=O) groups excluding carboxylic acids is 1. The van der Waals surface area contributed by atoms with E-state index in [9.17, 15) is 4.79 Å². The largest absolute Gasteiger partial charge is 0.346 e. The van der Waals surface area contributed by atoms with Gasteiger partial charge in [-0.1, -0.05) is 6.07 Å². The number of hydrogen-bond donors (Lipinski definition) is 1. The fraction of sp³-hybridized carbons (Fsp3) is 0.333. The van der Waals surface area contributed by atoms with Crippen molar-refractivity contribution in [2.24, 2.45) is 0 Å². The van der Waals surface area contributed by atoms with Crippen molar-refractivity contribution in [1.29, 1.82) is 0 Å². The van der Waals surface area contributed by atoms with E-state index in [1.165, 1.54) is 29.8 Å². The summed E-state index contributed by atoms with van der Waals surface area (Å²) >= 11 is 5.43. The number of benzene rings is 1. The Bertz CT molecular complexity index is 966. The molecule has 1 saturated heterocycles. The Labute approximate surface area is 159 Å². The number of aromatic nitrogens is 1. The van der Waals surface area contributed by atoms with Crippen LogP contribution in [0.3, 0.4) is 0 Å². The normalized spacial score (nSPS) is 18.8. The topological polar surface area (TPSA) is 37.3 Å². The zero-order valence-corrected chi connectivity index (χ0v) is 16.4. The van der Waals surface area contributed by atoms with Crippen LogP contribution in [0.15, 0.2) is 30.0 Å². The smallest absolute Gasteiger partial charge is 0.281 e. The van der Waals surface area contributed by atoms with Crippen LogP contribution in [-0.2, 0) is 4.79 Å². The second-order valence-electron chi connectivity index (χ2n) is 7.32. The molecule has 134 valence electrons. The highest BCUT2D eigenvalue weighted by atomic mass is 32.1. The van der Waals surface area contributed by atoms with E-state index in [0.29, 0.717) is 16.9 Å². The van der Waals surface area contributed by atoms with Gasteiger partial charge in [-0.05, 0) is 93.7 Å². The Kier molecular flexibility index (Phi) is 3.99. The number of anilines is 1. The fourth-order valence-electron chi connectivity index (χ4n) is 3.63. The summed E-state index contributed by atoms with van der Waals surface area (Å²) in [5.74, 6) is -0.102. The van der Waals surface area contributed by atoms with E-state index < -0.39 is 0 Å². The molecule has 2 aliphatic rings. The molecule has 1 aliphatic carbocycles. The molecule has 26 heavy (non-hydrogen) atoms. The predicted molar refractivity (Wildman–Crippen MR) is 109 cm³/mol. The molecule has 0 atom stereocenters. The molecule has 0 radical (unpaired) electrons. The maximum absolute atomic E-state index is 13.0. The zero-order chi connectivity index (χ0) is 18.6. The molecule has 1 amide bonds. The Morgan fingerprint density at radius 2 is 1.85 bits per heavy atom. The number of nitrogens with one attached hydrogen (secondary N) is 1. The van der Waals surface area contributed by atoms with E-state index in [2.05, 4.69) is 36.7 Å². The first kappa shape index (κ1) is 17.0. The monoisotopic (exact) mass is 365 g/mol. The molecule has 0 spiro atoms. The van der Waals surface area contributed by atoms with Gasteiger partial charge in [0, 0.05) is 17.4 Å². The van der Waals surface area contributed by atoms with Gasteiger partial charge in [-0.2, -0.15) is 0 Å². The van der Waals surface area contributed by atoms with Crippen molar-refractivity contribution in [3.63, 3.8) is 0 Å². The van der Waals surface area contributed by atoms with Crippen molar-refractivity contribution in [2.45, 2.75) is 46.6 Å². The van der Waals surface area contributed by atoms with Crippen LogP contribution < -0.4 is 10.2 Å². The minimum Gasteiger partial charge on any atom is -0.346 e. The molecule has 4 rings (SSSR count). The maximum atomic E-state index is 13.0. The average molecular weight is 366 g/mol. The molecule has 5 heteroatoms. The molecule has 0 bridgehead atoms. The molecular formula is C21H23N3OS. The predicted octanol–water partition coefficient (Wildman–Crippen LogP) is 4.32. The van der Waals surface area contributed by atoms with Gasteiger partial charge in [0.1, 0.15) is 5.70 Å². The van der Waals surface area contributed by atoms with Gasteiger partial charge in [0.15, 0.2) is 5.11 Å². The van der Waals surface area contributed by atoms with Crippen molar-refractivity contribution in [3.8, 4) is 0 Å². The Morgan fingerprint density at radius 1 is 1.12 bits per heavy atom. The summed E-state index contributed by atoms with van der Waals surface area (Å²) in [6.45, 7) is 8.35. The molecule has 4 nitrogen and oxygen atoms in total. The first-order valence-corrected chi connectivity index (χ1v) is 9.40. The molecule has 1 aromatic carbocycles. The summed E-state index contributed by atoms with van der Waals surface area (Å²) in [4.78, 5) is 14.5. The first-order valence-electron chi connectivity index (χ1n) is 8.99. The molecule has 2 aromatic rings. The summed E-state index contributed by atoms with van der Waals surface area (Å²) in [6.07, 6.45) is 4.42. The number of aryl methyl sites for hydroxylation is 3. The van der Waals surface area contributed by atoms with E-state index in [0.717, 1.165) is 16.8 Å². The van der Waals surface area contributed by atoms with Crippen LogP contribution in [0.4, 0.5) is 5.69 Å². The van der Waals surface area contributed by atoms with Gasteiger partial charge in [0.25, 0.3) is 5.91 Å². The van der Waals surface area contributed by atoms with E-state index in [-0.39, 0.29) is 5.91 Å². The highest BCUT2D eigenvalue weighted by Gasteiger charge is 2.33. The SMILES string of the molecule is Cc1ccc(N2C(=O)/C(=C/c3cc(C)n(C4CC4)c3C)NC2=S)cc1C. The van der Waals surface area contributed by atoms with Crippen molar-refractivity contribution in [2.75, 3.05) is 4.90 Å². The molecule has 0 unspecified atom stereocenters. The Balaban J connectivity index is 1.68. The van der Waals surface area contributed by atoms with Crippen LogP contribution in [0.1, 0.15) is 47.0 Å². The van der Waals surface area contributed by atoms with Crippen LogP contribution in [0.2, 0.25) is 0 Å².